The van der Waals surface area contributed by atoms with Crippen molar-refractivity contribution in [1.82, 2.24) is 0 Å². The molecule has 2 aromatic rings. The van der Waals surface area contributed by atoms with Crippen LogP contribution in [0.15, 0.2) is 36.4 Å². The zero-order valence-corrected chi connectivity index (χ0v) is 14.9. The van der Waals surface area contributed by atoms with E-state index in [9.17, 15) is 4.79 Å². The average Bonchev–Trinajstić information content (AvgIpc) is 2.55. The van der Waals surface area contributed by atoms with Gasteiger partial charge in [-0.3, -0.25) is 4.79 Å². The number of carbonyl (C=O) groups excluding carboxylic acids is 1. The number of methoxy groups -OCH3 is 2. The maximum atomic E-state index is 12.4. The predicted molar refractivity (Wildman–Crippen MR) is 97.4 cm³/mol. The van der Waals surface area contributed by atoms with Gasteiger partial charge < -0.3 is 20.1 Å². The van der Waals surface area contributed by atoms with Gasteiger partial charge in [0.25, 0.3) is 0 Å². The third-order valence-electron chi connectivity index (χ3n) is 3.52. The predicted octanol–water partition coefficient (Wildman–Crippen LogP) is 4.10. The number of aryl methyl sites for hydroxylation is 1. The zero-order chi connectivity index (χ0) is 17.7. The Bertz CT molecular complexity index is 734. The standard InChI is InChI=1S/C18H21ClN2O3/c1-11-6-5-7-13(8-11)21-18(22)12(2)20-15-9-14(19)16(23-3)10-17(15)24-4/h5-10,12,20H,1-4H3,(H,21,22)/t12-/m1/s1. The number of ether oxygens (including phenoxy) is 2. The lowest BCUT2D eigenvalue weighted by Crippen LogP contribution is -2.32. The molecule has 2 rings (SSSR count). The molecule has 2 aromatic carbocycles. The van der Waals surface area contributed by atoms with Crippen LogP contribution in [0.4, 0.5) is 11.4 Å². The van der Waals surface area contributed by atoms with E-state index in [0.717, 1.165) is 11.3 Å². The first-order valence-electron chi connectivity index (χ1n) is 7.50. The van der Waals surface area contributed by atoms with Gasteiger partial charge in [0.2, 0.25) is 5.91 Å². The van der Waals surface area contributed by atoms with E-state index in [2.05, 4.69) is 10.6 Å². The molecule has 0 spiro atoms. The molecule has 0 aliphatic rings. The second-order valence-electron chi connectivity index (χ2n) is 5.41. The minimum atomic E-state index is -0.483. The van der Waals surface area contributed by atoms with Crippen molar-refractivity contribution in [2.75, 3.05) is 24.9 Å². The lowest BCUT2D eigenvalue weighted by molar-refractivity contribution is -0.116. The van der Waals surface area contributed by atoms with E-state index >= 15 is 0 Å². The van der Waals surface area contributed by atoms with Gasteiger partial charge in [-0.05, 0) is 37.6 Å². The maximum absolute atomic E-state index is 12.4. The Morgan fingerprint density at radius 3 is 2.46 bits per heavy atom. The van der Waals surface area contributed by atoms with Crippen LogP contribution in [0.3, 0.4) is 0 Å². The first-order valence-corrected chi connectivity index (χ1v) is 7.88. The summed E-state index contributed by atoms with van der Waals surface area (Å²) in [6.45, 7) is 3.74. The van der Waals surface area contributed by atoms with Crippen LogP contribution in [0, 0.1) is 6.92 Å². The fraction of sp³-hybridized carbons (Fsp3) is 0.278. The van der Waals surface area contributed by atoms with Gasteiger partial charge in [-0.15, -0.1) is 0 Å². The van der Waals surface area contributed by atoms with Crippen LogP contribution in [0.1, 0.15) is 12.5 Å². The molecule has 0 fully saturated rings. The average molecular weight is 349 g/mol. The van der Waals surface area contributed by atoms with Crippen LogP contribution >= 0.6 is 11.6 Å². The molecule has 0 saturated carbocycles. The Morgan fingerprint density at radius 1 is 1.12 bits per heavy atom. The third-order valence-corrected chi connectivity index (χ3v) is 3.82. The molecule has 1 atom stereocenters. The number of rotatable bonds is 6. The van der Waals surface area contributed by atoms with E-state index in [-0.39, 0.29) is 5.91 Å². The fourth-order valence-electron chi connectivity index (χ4n) is 2.24. The summed E-state index contributed by atoms with van der Waals surface area (Å²) < 4.78 is 10.5. The topological polar surface area (TPSA) is 59.6 Å². The molecule has 0 aliphatic heterocycles. The van der Waals surface area contributed by atoms with Gasteiger partial charge in [-0.25, -0.2) is 0 Å². The molecule has 0 bridgehead atoms. The smallest absolute Gasteiger partial charge is 0.246 e. The molecule has 2 N–H and O–H groups in total. The highest BCUT2D eigenvalue weighted by atomic mass is 35.5. The molecule has 0 unspecified atom stereocenters. The van der Waals surface area contributed by atoms with E-state index in [0.29, 0.717) is 22.2 Å². The quantitative estimate of drug-likeness (QED) is 0.825. The minimum Gasteiger partial charge on any atom is -0.495 e. The summed E-state index contributed by atoms with van der Waals surface area (Å²) in [6, 6.07) is 10.5. The molecule has 6 heteroatoms. The second kappa shape index (κ2) is 7.93. The Kier molecular flexibility index (Phi) is 5.93. The number of nitrogens with one attached hydrogen (secondary N) is 2. The van der Waals surface area contributed by atoms with Crippen molar-refractivity contribution < 1.29 is 14.3 Å². The Balaban J connectivity index is 2.12. The highest BCUT2D eigenvalue weighted by Gasteiger charge is 2.17. The van der Waals surface area contributed by atoms with E-state index in [1.54, 1.807) is 26.2 Å². The fourth-order valence-corrected chi connectivity index (χ4v) is 2.49. The number of halogens is 1. The van der Waals surface area contributed by atoms with Crippen molar-refractivity contribution in [2.24, 2.45) is 0 Å². The molecule has 1 amide bonds. The van der Waals surface area contributed by atoms with Crippen molar-refractivity contribution in [3.8, 4) is 11.5 Å². The monoisotopic (exact) mass is 348 g/mol. The summed E-state index contributed by atoms with van der Waals surface area (Å²) in [5.74, 6) is 0.900. The largest absolute Gasteiger partial charge is 0.495 e. The number of hydrogen-bond acceptors (Lipinski definition) is 4. The number of amides is 1. The van der Waals surface area contributed by atoms with Gasteiger partial charge in [-0.2, -0.15) is 0 Å². The molecular formula is C18H21ClN2O3. The minimum absolute atomic E-state index is 0.158. The van der Waals surface area contributed by atoms with Gasteiger partial charge in [-0.1, -0.05) is 23.7 Å². The van der Waals surface area contributed by atoms with E-state index in [1.165, 1.54) is 7.11 Å². The van der Waals surface area contributed by atoms with E-state index in [4.69, 9.17) is 21.1 Å². The van der Waals surface area contributed by atoms with Gasteiger partial charge in [0, 0.05) is 11.8 Å². The Labute approximate surface area is 146 Å². The van der Waals surface area contributed by atoms with Crippen molar-refractivity contribution in [3.63, 3.8) is 0 Å². The molecule has 0 saturated heterocycles. The number of anilines is 2. The van der Waals surface area contributed by atoms with Crippen molar-refractivity contribution in [2.45, 2.75) is 19.9 Å². The summed E-state index contributed by atoms with van der Waals surface area (Å²) in [5.41, 5.74) is 2.46. The zero-order valence-electron chi connectivity index (χ0n) is 14.1. The number of hydrogen-bond donors (Lipinski definition) is 2. The van der Waals surface area contributed by atoms with E-state index in [1.807, 2.05) is 31.2 Å². The van der Waals surface area contributed by atoms with Crippen LogP contribution < -0.4 is 20.1 Å². The lowest BCUT2D eigenvalue weighted by atomic mass is 10.2. The summed E-state index contributed by atoms with van der Waals surface area (Å²) in [5, 5.41) is 6.43. The van der Waals surface area contributed by atoms with Gasteiger partial charge >= 0.3 is 0 Å². The summed E-state index contributed by atoms with van der Waals surface area (Å²) in [7, 11) is 3.08. The molecule has 24 heavy (non-hydrogen) atoms. The number of benzene rings is 2. The van der Waals surface area contributed by atoms with Crippen molar-refractivity contribution in [3.05, 3.63) is 47.0 Å². The van der Waals surface area contributed by atoms with Gasteiger partial charge in [0.15, 0.2) is 0 Å². The highest BCUT2D eigenvalue weighted by molar-refractivity contribution is 6.32. The third kappa shape index (κ3) is 4.32. The number of carbonyl (C=O) groups is 1. The summed E-state index contributed by atoms with van der Waals surface area (Å²) in [6.07, 6.45) is 0. The van der Waals surface area contributed by atoms with Crippen molar-refractivity contribution >= 4 is 28.9 Å². The first kappa shape index (κ1) is 17.9. The Morgan fingerprint density at radius 2 is 1.83 bits per heavy atom. The SMILES string of the molecule is COc1cc(OC)c(N[C@H](C)C(=O)Nc2cccc(C)c2)cc1Cl. The van der Waals surface area contributed by atoms with E-state index < -0.39 is 6.04 Å². The maximum Gasteiger partial charge on any atom is 0.246 e. The molecule has 0 radical (unpaired) electrons. The molecular weight excluding hydrogens is 328 g/mol. The van der Waals surface area contributed by atoms with Gasteiger partial charge in [0.05, 0.1) is 24.9 Å². The molecule has 0 aromatic heterocycles. The van der Waals surface area contributed by atoms with Crippen LogP contribution in [0.5, 0.6) is 11.5 Å². The van der Waals surface area contributed by atoms with Crippen LogP contribution in [-0.2, 0) is 4.79 Å². The normalized spacial score (nSPS) is 11.5. The highest BCUT2D eigenvalue weighted by Crippen LogP contribution is 2.36. The van der Waals surface area contributed by atoms with Crippen molar-refractivity contribution in [1.29, 1.82) is 0 Å². The van der Waals surface area contributed by atoms with Crippen LogP contribution in [0.2, 0.25) is 5.02 Å². The van der Waals surface area contributed by atoms with Crippen LogP contribution in [-0.4, -0.2) is 26.2 Å². The summed E-state index contributed by atoms with van der Waals surface area (Å²) >= 11 is 6.15. The molecule has 5 nitrogen and oxygen atoms in total. The van der Waals surface area contributed by atoms with Gasteiger partial charge in [0.1, 0.15) is 17.5 Å². The molecule has 128 valence electrons. The molecule has 0 aliphatic carbocycles. The van der Waals surface area contributed by atoms with Crippen LogP contribution in [0.25, 0.3) is 0 Å². The molecule has 0 heterocycles. The lowest BCUT2D eigenvalue weighted by Gasteiger charge is -2.18. The second-order valence-corrected chi connectivity index (χ2v) is 5.82. The Hall–Kier alpha value is -2.40. The summed E-state index contributed by atoms with van der Waals surface area (Å²) in [4.78, 5) is 12.4. The first-order chi connectivity index (χ1) is 11.4.